The van der Waals surface area contributed by atoms with Crippen molar-refractivity contribution in [1.29, 1.82) is 0 Å². The number of fused-ring (bicyclic) bond motifs is 1. The van der Waals surface area contributed by atoms with Crippen molar-refractivity contribution in [2.45, 2.75) is 13.0 Å². The molecule has 2 heterocycles. The fraction of sp³-hybridized carbons (Fsp3) is 0.235. The third-order valence-electron chi connectivity index (χ3n) is 3.82. The van der Waals surface area contributed by atoms with Crippen LogP contribution in [0.2, 0.25) is 0 Å². The lowest BCUT2D eigenvalue weighted by molar-refractivity contribution is -0.149. The fourth-order valence-corrected chi connectivity index (χ4v) is 3.35. The first-order chi connectivity index (χ1) is 12.7. The van der Waals surface area contributed by atoms with Crippen molar-refractivity contribution in [3.8, 4) is 0 Å². The molecule has 0 spiro atoms. The molecule has 2 aliphatic heterocycles. The van der Waals surface area contributed by atoms with Crippen LogP contribution in [0.3, 0.4) is 0 Å². The van der Waals surface area contributed by atoms with Crippen molar-refractivity contribution in [3.63, 3.8) is 0 Å². The van der Waals surface area contributed by atoms with Gasteiger partial charge in [-0.05, 0) is 43.3 Å². The molecule has 3 rings (SSSR count). The first-order valence-corrected chi connectivity index (χ1v) is 9.61. The second-order valence-electron chi connectivity index (χ2n) is 5.89. The van der Waals surface area contributed by atoms with E-state index in [1.807, 2.05) is 0 Å². The molecular formula is C17H16FN3O5S. The third kappa shape index (κ3) is 4.59. The van der Waals surface area contributed by atoms with Gasteiger partial charge in [0, 0.05) is 18.4 Å². The van der Waals surface area contributed by atoms with E-state index in [0.29, 0.717) is 5.69 Å². The van der Waals surface area contributed by atoms with Gasteiger partial charge in [0.15, 0.2) is 6.10 Å². The molecule has 1 unspecified atom stereocenters. The second kappa shape index (κ2) is 7.31. The molecule has 0 fully saturated rings. The maximum absolute atomic E-state index is 12.9. The first kappa shape index (κ1) is 18.8. The summed E-state index contributed by atoms with van der Waals surface area (Å²) in [4.78, 5) is 25.9. The lowest BCUT2D eigenvalue weighted by Gasteiger charge is -2.27. The SMILES string of the molecule is CC(OC(=O)C1=CN2CCS(=O)(=O)N=C2C=C1)C(=O)Nc1ccc(F)cc1. The molecule has 0 radical (unpaired) electrons. The standard InChI is InChI=1S/C17H16FN3O5S/c1-11(16(22)19-14-5-3-13(18)4-6-14)26-17(23)12-2-7-15-20-27(24,25)9-8-21(15)10-12/h2-7,10-11H,8-9H2,1H3,(H,19,22). The number of anilines is 1. The summed E-state index contributed by atoms with van der Waals surface area (Å²) in [5.41, 5.74) is 0.533. The van der Waals surface area contributed by atoms with Gasteiger partial charge < -0.3 is 15.0 Å². The number of amides is 1. The highest BCUT2D eigenvalue weighted by atomic mass is 32.2. The molecule has 1 atom stereocenters. The van der Waals surface area contributed by atoms with Crippen molar-refractivity contribution in [2.24, 2.45) is 4.40 Å². The number of esters is 1. The Morgan fingerprint density at radius 1 is 1.26 bits per heavy atom. The highest BCUT2D eigenvalue weighted by Crippen LogP contribution is 2.17. The first-order valence-electron chi connectivity index (χ1n) is 8.00. The zero-order valence-corrected chi connectivity index (χ0v) is 15.1. The van der Waals surface area contributed by atoms with E-state index in [9.17, 15) is 22.4 Å². The summed E-state index contributed by atoms with van der Waals surface area (Å²) < 4.78 is 44.6. The van der Waals surface area contributed by atoms with E-state index in [1.54, 1.807) is 0 Å². The molecule has 0 saturated carbocycles. The fourth-order valence-electron chi connectivity index (χ4n) is 2.38. The maximum Gasteiger partial charge on any atom is 0.340 e. The van der Waals surface area contributed by atoms with E-state index in [0.717, 1.165) is 0 Å². The van der Waals surface area contributed by atoms with Gasteiger partial charge in [-0.3, -0.25) is 4.79 Å². The zero-order valence-electron chi connectivity index (χ0n) is 14.3. The summed E-state index contributed by atoms with van der Waals surface area (Å²) in [6.45, 7) is 1.58. The Hall–Kier alpha value is -3.01. The summed E-state index contributed by atoms with van der Waals surface area (Å²) in [5, 5.41) is 2.51. The number of hydrogen-bond donors (Lipinski definition) is 1. The normalized spacial score (nSPS) is 18.7. The van der Waals surface area contributed by atoms with E-state index >= 15 is 0 Å². The van der Waals surface area contributed by atoms with Gasteiger partial charge in [0.05, 0.1) is 11.3 Å². The molecule has 0 saturated heterocycles. The average molecular weight is 393 g/mol. The summed E-state index contributed by atoms with van der Waals surface area (Å²) in [7, 11) is -3.48. The molecule has 1 aromatic rings. The number of ether oxygens (including phenoxy) is 1. The molecule has 10 heteroatoms. The molecule has 142 valence electrons. The lowest BCUT2D eigenvalue weighted by Crippen LogP contribution is -2.37. The molecule has 8 nitrogen and oxygen atoms in total. The number of carbonyl (C=O) groups excluding carboxylic acids is 2. The number of sulfonamides is 1. The summed E-state index contributed by atoms with van der Waals surface area (Å²) in [6.07, 6.45) is 3.12. The summed E-state index contributed by atoms with van der Waals surface area (Å²) >= 11 is 0. The van der Waals surface area contributed by atoms with E-state index in [1.165, 1.54) is 54.4 Å². The Morgan fingerprint density at radius 3 is 2.67 bits per heavy atom. The van der Waals surface area contributed by atoms with Crippen LogP contribution in [0.25, 0.3) is 0 Å². The van der Waals surface area contributed by atoms with Gasteiger partial charge in [-0.25, -0.2) is 17.6 Å². The number of hydrogen-bond acceptors (Lipinski definition) is 6. The number of rotatable bonds is 4. The number of benzene rings is 1. The third-order valence-corrected chi connectivity index (χ3v) is 4.99. The number of amidine groups is 1. The van der Waals surface area contributed by atoms with Gasteiger partial charge in [0.2, 0.25) is 0 Å². The van der Waals surface area contributed by atoms with Crippen LogP contribution in [0, 0.1) is 5.82 Å². The average Bonchev–Trinajstić information content (AvgIpc) is 2.62. The van der Waals surface area contributed by atoms with Crippen molar-refractivity contribution >= 4 is 33.4 Å². The van der Waals surface area contributed by atoms with Gasteiger partial charge in [-0.15, -0.1) is 4.40 Å². The van der Waals surface area contributed by atoms with Gasteiger partial charge in [0.1, 0.15) is 11.7 Å². The molecule has 1 aromatic carbocycles. The van der Waals surface area contributed by atoms with Crippen molar-refractivity contribution in [2.75, 3.05) is 17.6 Å². The van der Waals surface area contributed by atoms with Crippen LogP contribution in [0.5, 0.6) is 0 Å². The molecule has 0 aliphatic carbocycles. The van der Waals surface area contributed by atoms with Crippen molar-refractivity contribution < 1.29 is 27.1 Å². The zero-order chi connectivity index (χ0) is 19.6. The maximum atomic E-state index is 12.9. The minimum Gasteiger partial charge on any atom is -0.449 e. The van der Waals surface area contributed by atoms with E-state index in [-0.39, 0.29) is 23.7 Å². The van der Waals surface area contributed by atoms with Crippen LogP contribution < -0.4 is 5.32 Å². The Morgan fingerprint density at radius 2 is 1.96 bits per heavy atom. The van der Waals surface area contributed by atoms with Gasteiger partial charge >= 0.3 is 5.97 Å². The predicted molar refractivity (Wildman–Crippen MR) is 95.7 cm³/mol. The van der Waals surface area contributed by atoms with Crippen molar-refractivity contribution in [3.05, 3.63) is 54.0 Å². The van der Waals surface area contributed by atoms with Crippen LogP contribution in [0.1, 0.15) is 6.92 Å². The van der Waals surface area contributed by atoms with Gasteiger partial charge in [-0.2, -0.15) is 0 Å². The lowest BCUT2D eigenvalue weighted by atomic mass is 10.2. The molecular weight excluding hydrogens is 377 g/mol. The Balaban J connectivity index is 1.62. The second-order valence-corrected chi connectivity index (χ2v) is 7.65. The molecule has 1 N–H and O–H groups in total. The molecule has 2 aliphatic rings. The quantitative estimate of drug-likeness (QED) is 0.771. The molecule has 0 bridgehead atoms. The van der Waals surface area contributed by atoms with Gasteiger partial charge in [-0.1, -0.05) is 0 Å². The Bertz CT molecular complexity index is 967. The topological polar surface area (TPSA) is 105 Å². The summed E-state index contributed by atoms with van der Waals surface area (Å²) in [5.74, 6) is -1.67. The minimum atomic E-state index is -3.48. The largest absolute Gasteiger partial charge is 0.449 e. The highest BCUT2D eigenvalue weighted by molar-refractivity contribution is 7.90. The molecule has 1 amide bonds. The molecule has 27 heavy (non-hydrogen) atoms. The van der Waals surface area contributed by atoms with Crippen LogP contribution in [-0.2, 0) is 24.3 Å². The van der Waals surface area contributed by atoms with E-state index in [4.69, 9.17) is 4.74 Å². The Labute approximate surface area is 155 Å². The number of nitrogens with one attached hydrogen (secondary N) is 1. The molecule has 0 aromatic heterocycles. The minimum absolute atomic E-state index is 0.153. The van der Waals surface area contributed by atoms with E-state index < -0.39 is 33.8 Å². The monoisotopic (exact) mass is 393 g/mol. The number of nitrogens with zero attached hydrogens (tertiary/aromatic N) is 2. The highest BCUT2D eigenvalue weighted by Gasteiger charge is 2.27. The smallest absolute Gasteiger partial charge is 0.340 e. The Kier molecular flexibility index (Phi) is 5.08. The predicted octanol–water partition coefficient (Wildman–Crippen LogP) is 1.19. The number of halogens is 1. The van der Waals surface area contributed by atoms with Gasteiger partial charge in [0.25, 0.3) is 15.9 Å². The van der Waals surface area contributed by atoms with E-state index in [2.05, 4.69) is 9.71 Å². The summed E-state index contributed by atoms with van der Waals surface area (Å²) in [6, 6.07) is 5.17. The van der Waals surface area contributed by atoms with Crippen LogP contribution in [-0.4, -0.2) is 49.4 Å². The van der Waals surface area contributed by atoms with Crippen LogP contribution in [0.15, 0.2) is 52.6 Å². The number of carbonyl (C=O) groups is 2. The van der Waals surface area contributed by atoms with Crippen molar-refractivity contribution in [1.82, 2.24) is 4.90 Å². The van der Waals surface area contributed by atoms with Crippen LogP contribution >= 0.6 is 0 Å². The van der Waals surface area contributed by atoms with Crippen LogP contribution in [0.4, 0.5) is 10.1 Å².